The molecule has 2 aliphatic heterocycles. The number of fused-ring (bicyclic) bond motifs is 1. The first kappa shape index (κ1) is 20.9. The number of rotatable bonds is 4. The van der Waals surface area contributed by atoms with Gasteiger partial charge < -0.3 is 15.8 Å². The van der Waals surface area contributed by atoms with Crippen LogP contribution in [0, 0.1) is 0 Å². The Hall–Kier alpha value is -0.860. The van der Waals surface area contributed by atoms with Gasteiger partial charge in [-0.1, -0.05) is 12.1 Å². The summed E-state index contributed by atoms with van der Waals surface area (Å²) in [6, 6.07) is 6.51. The van der Waals surface area contributed by atoms with E-state index in [0.717, 1.165) is 44.7 Å². The highest BCUT2D eigenvalue weighted by atomic mass is 127. The highest BCUT2D eigenvalue weighted by Crippen LogP contribution is 2.32. The molecule has 0 radical (unpaired) electrons. The number of nitrogens with one attached hydrogen (secondary N) is 1. The van der Waals surface area contributed by atoms with Crippen LogP contribution in [0.2, 0.25) is 0 Å². The van der Waals surface area contributed by atoms with E-state index in [4.69, 9.17) is 15.5 Å². The molecule has 1 aliphatic carbocycles. The summed E-state index contributed by atoms with van der Waals surface area (Å²) in [6.45, 7) is 4.82. The molecular weight excluding hydrogens is 451 g/mol. The lowest BCUT2D eigenvalue weighted by Crippen LogP contribution is -2.53. The number of guanidine groups is 1. The monoisotopic (exact) mass is 484 g/mol. The van der Waals surface area contributed by atoms with Gasteiger partial charge in [0.1, 0.15) is 0 Å². The first-order valence-corrected chi connectivity index (χ1v) is 10.3. The topological polar surface area (TPSA) is 62.9 Å². The minimum Gasteiger partial charge on any atom is -0.381 e. The average Bonchev–Trinajstić information content (AvgIpc) is 3.23. The number of aliphatic imine (C=N–C) groups is 1. The second-order valence-electron chi connectivity index (χ2n) is 8.01. The van der Waals surface area contributed by atoms with Crippen molar-refractivity contribution < 1.29 is 4.74 Å². The third kappa shape index (κ3) is 4.77. The smallest absolute Gasteiger partial charge is 0.193 e. The summed E-state index contributed by atoms with van der Waals surface area (Å²) in [7, 11) is 0. The second-order valence-corrected chi connectivity index (χ2v) is 8.01. The zero-order valence-electron chi connectivity index (χ0n) is 16.2. The zero-order valence-corrected chi connectivity index (χ0v) is 18.5. The van der Waals surface area contributed by atoms with Gasteiger partial charge >= 0.3 is 0 Å². The Morgan fingerprint density at radius 2 is 1.85 bits per heavy atom. The van der Waals surface area contributed by atoms with E-state index in [1.807, 2.05) is 0 Å². The molecule has 0 aromatic heterocycles. The Labute approximate surface area is 180 Å². The minimum atomic E-state index is 0. The van der Waals surface area contributed by atoms with Crippen LogP contribution in [0.3, 0.4) is 0 Å². The predicted octanol–water partition coefficient (Wildman–Crippen LogP) is 3.56. The first-order chi connectivity index (χ1) is 12.8. The van der Waals surface area contributed by atoms with Gasteiger partial charge in [0.05, 0.1) is 6.54 Å². The fourth-order valence-corrected chi connectivity index (χ4v) is 4.83. The number of anilines is 1. The quantitative estimate of drug-likeness (QED) is 0.390. The largest absolute Gasteiger partial charge is 0.381 e. The summed E-state index contributed by atoms with van der Waals surface area (Å²) in [5, 5.41) is 3.40. The van der Waals surface area contributed by atoms with E-state index in [1.165, 1.54) is 56.3 Å². The maximum atomic E-state index is 6.30. The Kier molecular flexibility index (Phi) is 7.39. The van der Waals surface area contributed by atoms with Crippen LogP contribution >= 0.6 is 24.0 Å². The molecule has 0 amide bonds. The maximum Gasteiger partial charge on any atom is 0.193 e. The van der Waals surface area contributed by atoms with Crippen molar-refractivity contribution in [1.82, 2.24) is 4.90 Å². The molecule has 6 heteroatoms. The third-order valence-electron chi connectivity index (χ3n) is 6.40. The van der Waals surface area contributed by atoms with Crippen molar-refractivity contribution in [3.63, 3.8) is 0 Å². The van der Waals surface area contributed by atoms with Crippen LogP contribution < -0.4 is 11.1 Å². The van der Waals surface area contributed by atoms with Gasteiger partial charge in [-0.15, -0.1) is 24.0 Å². The Morgan fingerprint density at radius 1 is 1.11 bits per heavy atom. The lowest BCUT2D eigenvalue weighted by molar-refractivity contribution is -0.0138. The second kappa shape index (κ2) is 9.56. The van der Waals surface area contributed by atoms with Gasteiger partial charge in [-0.05, 0) is 81.6 Å². The summed E-state index contributed by atoms with van der Waals surface area (Å²) in [5.74, 6) is 0.550. The number of benzene rings is 1. The SMILES string of the molecule is I.NC(=NCC1(N2CCCC2)CCOCC1)Nc1cccc2c1CCCC2. The lowest BCUT2D eigenvalue weighted by Gasteiger charge is -2.43. The number of nitrogens with zero attached hydrogens (tertiary/aromatic N) is 2. The van der Waals surface area contributed by atoms with Gasteiger partial charge in [-0.3, -0.25) is 9.89 Å². The molecule has 2 heterocycles. The fourth-order valence-electron chi connectivity index (χ4n) is 4.83. The van der Waals surface area contributed by atoms with Crippen molar-refractivity contribution in [1.29, 1.82) is 0 Å². The van der Waals surface area contributed by atoms with E-state index in [-0.39, 0.29) is 29.5 Å². The van der Waals surface area contributed by atoms with Gasteiger partial charge in [-0.2, -0.15) is 0 Å². The zero-order chi connectivity index (χ0) is 17.8. The predicted molar refractivity (Wildman–Crippen MR) is 122 cm³/mol. The number of hydrogen-bond donors (Lipinski definition) is 2. The number of nitrogens with two attached hydrogens (primary N) is 1. The Bertz CT molecular complexity index is 652. The summed E-state index contributed by atoms with van der Waals surface area (Å²) in [4.78, 5) is 7.43. The molecule has 150 valence electrons. The Balaban J connectivity index is 0.00000210. The van der Waals surface area contributed by atoms with Crippen LogP contribution in [0.1, 0.15) is 49.7 Å². The van der Waals surface area contributed by atoms with Gasteiger partial charge in [0.25, 0.3) is 0 Å². The molecule has 0 spiro atoms. The molecule has 0 atom stereocenters. The number of aryl methyl sites for hydroxylation is 1. The molecule has 27 heavy (non-hydrogen) atoms. The van der Waals surface area contributed by atoms with Crippen molar-refractivity contribution >= 4 is 35.6 Å². The molecule has 1 aromatic carbocycles. The fraction of sp³-hybridized carbons (Fsp3) is 0.667. The van der Waals surface area contributed by atoms with Crippen LogP contribution in [0.25, 0.3) is 0 Å². The third-order valence-corrected chi connectivity index (χ3v) is 6.40. The van der Waals surface area contributed by atoms with Crippen molar-refractivity contribution in [3.05, 3.63) is 29.3 Å². The number of hydrogen-bond acceptors (Lipinski definition) is 3. The standard InChI is InChI=1S/C21H32N4O.HI/c22-20(24-19-9-5-7-17-6-1-2-8-18(17)19)23-16-21(10-14-26-15-11-21)25-12-3-4-13-25;/h5,7,9H,1-4,6,8,10-16H2,(H3,22,23,24);1H. The lowest BCUT2D eigenvalue weighted by atomic mass is 9.88. The summed E-state index contributed by atoms with van der Waals surface area (Å²) in [5.41, 5.74) is 10.5. The van der Waals surface area contributed by atoms with Crippen molar-refractivity contribution in [2.24, 2.45) is 10.7 Å². The van der Waals surface area contributed by atoms with Crippen LogP contribution in [0.5, 0.6) is 0 Å². The highest BCUT2D eigenvalue weighted by Gasteiger charge is 2.39. The Morgan fingerprint density at radius 3 is 2.63 bits per heavy atom. The van der Waals surface area contributed by atoms with Crippen LogP contribution in [-0.2, 0) is 17.6 Å². The molecule has 0 saturated carbocycles. The van der Waals surface area contributed by atoms with Gasteiger partial charge in [0.2, 0.25) is 0 Å². The maximum absolute atomic E-state index is 6.30. The van der Waals surface area contributed by atoms with Gasteiger partial charge in [0.15, 0.2) is 5.96 Å². The van der Waals surface area contributed by atoms with E-state index in [1.54, 1.807) is 0 Å². The molecule has 3 aliphatic rings. The minimum absolute atomic E-state index is 0. The summed E-state index contributed by atoms with van der Waals surface area (Å²) < 4.78 is 5.63. The van der Waals surface area contributed by atoms with E-state index >= 15 is 0 Å². The number of likely N-dealkylation sites (tertiary alicyclic amines) is 1. The average molecular weight is 484 g/mol. The van der Waals surface area contributed by atoms with E-state index < -0.39 is 0 Å². The highest BCUT2D eigenvalue weighted by molar-refractivity contribution is 14.0. The summed E-state index contributed by atoms with van der Waals surface area (Å²) in [6.07, 6.45) is 9.60. The molecule has 2 saturated heterocycles. The van der Waals surface area contributed by atoms with Gasteiger partial charge in [0, 0.05) is 24.4 Å². The number of halogens is 1. The molecule has 4 rings (SSSR count). The molecule has 3 N–H and O–H groups in total. The van der Waals surface area contributed by atoms with Crippen LogP contribution in [0.4, 0.5) is 5.69 Å². The van der Waals surface area contributed by atoms with Crippen LogP contribution in [0.15, 0.2) is 23.2 Å². The normalized spacial score (nSPS) is 22.7. The van der Waals surface area contributed by atoms with Crippen LogP contribution in [-0.4, -0.2) is 49.2 Å². The molecule has 1 aromatic rings. The molecule has 5 nitrogen and oxygen atoms in total. The van der Waals surface area contributed by atoms with E-state index in [2.05, 4.69) is 28.4 Å². The van der Waals surface area contributed by atoms with Crippen molar-refractivity contribution in [2.45, 2.75) is 56.9 Å². The van der Waals surface area contributed by atoms with Gasteiger partial charge in [-0.25, -0.2) is 0 Å². The molecule has 0 unspecified atom stereocenters. The summed E-state index contributed by atoms with van der Waals surface area (Å²) >= 11 is 0. The molecule has 0 bridgehead atoms. The van der Waals surface area contributed by atoms with Crippen molar-refractivity contribution in [2.75, 3.05) is 38.2 Å². The first-order valence-electron chi connectivity index (χ1n) is 10.3. The molecule has 2 fully saturated rings. The van der Waals surface area contributed by atoms with E-state index in [9.17, 15) is 0 Å². The number of ether oxygens (including phenoxy) is 1. The van der Waals surface area contributed by atoms with E-state index in [0.29, 0.717) is 5.96 Å². The van der Waals surface area contributed by atoms with Crippen molar-refractivity contribution in [3.8, 4) is 0 Å². The molecular formula is C21H33IN4O.